The zero-order valence-corrected chi connectivity index (χ0v) is 11.3. The molecule has 0 bridgehead atoms. The lowest BCUT2D eigenvalue weighted by Gasteiger charge is -2.14. The van der Waals surface area contributed by atoms with Gasteiger partial charge < -0.3 is 9.26 Å². The van der Waals surface area contributed by atoms with Gasteiger partial charge in [-0.1, -0.05) is 23.4 Å². The quantitative estimate of drug-likeness (QED) is 0.821. The average molecular weight is 301 g/mol. The number of alkyl halides is 3. The maximum absolute atomic E-state index is 12.3. The number of aromatic nitrogens is 2. The number of halogens is 3. The molecule has 1 heterocycles. The fourth-order valence-corrected chi connectivity index (χ4v) is 1.58. The molecule has 0 aliphatic carbocycles. The number of ether oxygens (including phenoxy) is 1. The van der Waals surface area contributed by atoms with Crippen LogP contribution in [0.15, 0.2) is 34.9 Å². The van der Waals surface area contributed by atoms with Crippen molar-refractivity contribution in [1.82, 2.24) is 15.0 Å². The van der Waals surface area contributed by atoms with E-state index in [-0.39, 0.29) is 12.4 Å². The van der Waals surface area contributed by atoms with E-state index in [1.165, 1.54) is 0 Å². The summed E-state index contributed by atoms with van der Waals surface area (Å²) >= 11 is 0. The van der Waals surface area contributed by atoms with Crippen molar-refractivity contribution in [2.24, 2.45) is 0 Å². The second kappa shape index (κ2) is 6.57. The van der Waals surface area contributed by atoms with Crippen molar-refractivity contribution in [2.75, 3.05) is 20.2 Å². The second-order valence-corrected chi connectivity index (χ2v) is 4.41. The highest BCUT2D eigenvalue weighted by Crippen LogP contribution is 2.26. The summed E-state index contributed by atoms with van der Waals surface area (Å²) in [6, 6.07) is 9.25. The molecule has 0 aliphatic rings. The minimum atomic E-state index is -4.59. The van der Waals surface area contributed by atoms with Crippen LogP contribution in [0.3, 0.4) is 0 Å². The van der Waals surface area contributed by atoms with Crippen molar-refractivity contribution in [1.29, 1.82) is 0 Å². The normalized spacial score (nSPS) is 11.9. The molecule has 0 saturated heterocycles. The predicted octanol–water partition coefficient (Wildman–Crippen LogP) is 2.60. The molecule has 0 spiro atoms. The summed E-state index contributed by atoms with van der Waals surface area (Å²) in [5.74, 6) is -0.598. The Hall–Kier alpha value is -2.09. The summed E-state index contributed by atoms with van der Waals surface area (Å²) in [6.07, 6.45) is -4.59. The van der Waals surface area contributed by atoms with E-state index >= 15 is 0 Å². The van der Waals surface area contributed by atoms with Gasteiger partial charge in [0.1, 0.15) is 12.4 Å². The monoisotopic (exact) mass is 301 g/mol. The first-order valence-corrected chi connectivity index (χ1v) is 6.21. The molecule has 1 aromatic carbocycles. The van der Waals surface area contributed by atoms with Crippen LogP contribution in [-0.2, 0) is 12.7 Å². The minimum Gasteiger partial charge on any atom is -0.492 e. The second-order valence-electron chi connectivity index (χ2n) is 4.41. The molecular weight excluding hydrogens is 287 g/mol. The Kier molecular flexibility index (Phi) is 4.79. The fraction of sp³-hybridized carbons (Fsp3) is 0.385. The van der Waals surface area contributed by atoms with Crippen LogP contribution in [0.4, 0.5) is 13.2 Å². The highest BCUT2D eigenvalue weighted by Gasteiger charge is 2.37. The molecule has 0 aliphatic heterocycles. The molecule has 0 radical (unpaired) electrons. The largest absolute Gasteiger partial charge is 0.492 e. The summed E-state index contributed by atoms with van der Waals surface area (Å²) in [4.78, 5) is 5.04. The third kappa shape index (κ3) is 4.75. The van der Waals surface area contributed by atoms with Gasteiger partial charge in [-0.2, -0.15) is 18.2 Å². The molecule has 114 valence electrons. The highest BCUT2D eigenvalue weighted by molar-refractivity contribution is 5.20. The van der Waals surface area contributed by atoms with Gasteiger partial charge in [-0.05, 0) is 19.2 Å². The van der Waals surface area contributed by atoms with Crippen LogP contribution in [0.25, 0.3) is 0 Å². The Bertz CT molecular complexity index is 557. The van der Waals surface area contributed by atoms with Crippen LogP contribution in [0.2, 0.25) is 0 Å². The van der Waals surface area contributed by atoms with E-state index in [0.717, 1.165) is 5.75 Å². The Morgan fingerprint density at radius 1 is 1.24 bits per heavy atom. The molecular formula is C13H14F3N3O2. The van der Waals surface area contributed by atoms with Gasteiger partial charge in [-0.25, -0.2) is 0 Å². The Morgan fingerprint density at radius 3 is 2.57 bits per heavy atom. The van der Waals surface area contributed by atoms with E-state index in [2.05, 4.69) is 14.7 Å². The van der Waals surface area contributed by atoms with Crippen molar-refractivity contribution >= 4 is 0 Å². The summed E-state index contributed by atoms with van der Waals surface area (Å²) in [7, 11) is 1.73. The number of para-hydroxylation sites is 1. The molecule has 21 heavy (non-hydrogen) atoms. The number of hydrogen-bond acceptors (Lipinski definition) is 5. The van der Waals surface area contributed by atoms with E-state index in [1.807, 2.05) is 30.3 Å². The molecule has 0 saturated carbocycles. The topological polar surface area (TPSA) is 51.4 Å². The Balaban J connectivity index is 1.77. The minimum absolute atomic E-state index is 0.0791. The number of nitrogens with zero attached hydrogens (tertiary/aromatic N) is 3. The zero-order valence-electron chi connectivity index (χ0n) is 11.3. The van der Waals surface area contributed by atoms with Crippen molar-refractivity contribution in [2.45, 2.75) is 12.7 Å². The van der Waals surface area contributed by atoms with Gasteiger partial charge >= 0.3 is 6.18 Å². The molecule has 0 amide bonds. The third-order valence-corrected chi connectivity index (χ3v) is 2.61. The number of benzene rings is 1. The molecule has 5 nitrogen and oxygen atoms in total. The molecule has 0 atom stereocenters. The van der Waals surface area contributed by atoms with Crippen molar-refractivity contribution in [3.63, 3.8) is 0 Å². The highest BCUT2D eigenvalue weighted by atomic mass is 19.4. The van der Waals surface area contributed by atoms with Crippen LogP contribution < -0.4 is 4.74 Å². The summed E-state index contributed by atoms with van der Waals surface area (Å²) in [6.45, 7) is 1.04. The van der Waals surface area contributed by atoms with Gasteiger partial charge in [-0.3, -0.25) is 4.90 Å². The van der Waals surface area contributed by atoms with Gasteiger partial charge in [0.15, 0.2) is 0 Å². The van der Waals surface area contributed by atoms with Gasteiger partial charge in [0.25, 0.3) is 5.82 Å². The molecule has 0 unspecified atom stereocenters. The number of rotatable bonds is 6. The van der Waals surface area contributed by atoms with Gasteiger partial charge in [0, 0.05) is 6.54 Å². The summed E-state index contributed by atoms with van der Waals surface area (Å²) in [5.41, 5.74) is 0. The lowest BCUT2D eigenvalue weighted by Crippen LogP contribution is -2.24. The molecule has 2 aromatic rings. The maximum atomic E-state index is 12.3. The first-order chi connectivity index (χ1) is 9.95. The van der Waals surface area contributed by atoms with E-state index in [0.29, 0.717) is 13.2 Å². The van der Waals surface area contributed by atoms with Gasteiger partial charge in [0.2, 0.25) is 5.89 Å². The fourth-order valence-electron chi connectivity index (χ4n) is 1.58. The first-order valence-electron chi connectivity index (χ1n) is 6.21. The SMILES string of the molecule is CN(CCOc1ccccc1)Cc1nc(C(F)(F)F)no1. The third-order valence-electron chi connectivity index (χ3n) is 2.61. The first kappa shape index (κ1) is 15.3. The van der Waals surface area contributed by atoms with E-state index in [4.69, 9.17) is 4.74 Å². The molecule has 0 fully saturated rings. The zero-order chi connectivity index (χ0) is 15.3. The van der Waals surface area contributed by atoms with Crippen molar-refractivity contribution in [3.8, 4) is 5.75 Å². The molecule has 1 aromatic heterocycles. The maximum Gasteiger partial charge on any atom is 0.455 e. The number of likely N-dealkylation sites (N-methyl/N-ethyl adjacent to an activating group) is 1. The molecule has 8 heteroatoms. The van der Waals surface area contributed by atoms with Gasteiger partial charge in [0.05, 0.1) is 6.54 Å². The van der Waals surface area contributed by atoms with Gasteiger partial charge in [-0.15, -0.1) is 0 Å². The van der Waals surface area contributed by atoms with Crippen molar-refractivity contribution < 1.29 is 22.4 Å². The van der Waals surface area contributed by atoms with Crippen molar-refractivity contribution in [3.05, 3.63) is 42.0 Å². The smallest absolute Gasteiger partial charge is 0.455 e. The van der Waals surface area contributed by atoms with Crippen LogP contribution >= 0.6 is 0 Å². The van der Waals surface area contributed by atoms with Crippen LogP contribution in [0, 0.1) is 0 Å². The standard InChI is InChI=1S/C13H14F3N3O2/c1-19(7-8-20-10-5-3-2-4-6-10)9-11-17-12(18-21-11)13(14,15)16/h2-6H,7-9H2,1H3. The van der Waals surface area contributed by atoms with E-state index < -0.39 is 12.0 Å². The Labute approximate surface area is 119 Å². The average Bonchev–Trinajstić information content (AvgIpc) is 2.88. The Morgan fingerprint density at radius 2 is 1.95 bits per heavy atom. The summed E-state index contributed by atoms with van der Waals surface area (Å²) in [5, 5.41) is 2.90. The summed E-state index contributed by atoms with van der Waals surface area (Å²) < 4.78 is 47.0. The number of hydrogen-bond donors (Lipinski definition) is 0. The van der Waals surface area contributed by atoms with E-state index in [1.54, 1.807) is 11.9 Å². The van der Waals surface area contributed by atoms with Crippen LogP contribution in [0.5, 0.6) is 5.75 Å². The molecule has 2 rings (SSSR count). The van der Waals surface area contributed by atoms with E-state index in [9.17, 15) is 13.2 Å². The van der Waals surface area contributed by atoms with Crippen LogP contribution in [-0.4, -0.2) is 35.2 Å². The van der Waals surface area contributed by atoms with Crippen LogP contribution in [0.1, 0.15) is 11.7 Å². The molecule has 0 N–H and O–H groups in total. The predicted molar refractivity (Wildman–Crippen MR) is 67.6 cm³/mol. The lowest BCUT2D eigenvalue weighted by atomic mass is 10.3. The lowest BCUT2D eigenvalue weighted by molar-refractivity contribution is -0.146.